The third kappa shape index (κ3) is 7.84. The summed E-state index contributed by atoms with van der Waals surface area (Å²) >= 11 is 0. The second-order valence-electron chi connectivity index (χ2n) is 11.2. The van der Waals surface area contributed by atoms with Gasteiger partial charge < -0.3 is 10.2 Å². The van der Waals surface area contributed by atoms with E-state index in [1.165, 1.54) is 6.07 Å². The zero-order valence-electron chi connectivity index (χ0n) is 22.9. The molecule has 1 fully saturated rings. The topological polar surface area (TPSA) is 140 Å². The summed E-state index contributed by atoms with van der Waals surface area (Å²) in [6.07, 6.45) is -1.40. The summed E-state index contributed by atoms with van der Waals surface area (Å²) in [7, 11) is 0. The van der Waals surface area contributed by atoms with Crippen LogP contribution in [-0.4, -0.2) is 43.5 Å². The number of nitriles is 1. The molecule has 4 rings (SSSR count). The molecule has 3 N–H and O–H groups in total. The lowest BCUT2D eigenvalue weighted by Gasteiger charge is -2.41. The fourth-order valence-corrected chi connectivity index (χ4v) is 5.12. The van der Waals surface area contributed by atoms with Crippen molar-refractivity contribution in [2.75, 3.05) is 10.6 Å². The Kier molecular flexibility index (Phi) is 9.93. The molecule has 1 aliphatic rings. The third-order valence-electron chi connectivity index (χ3n) is 7.46. The van der Waals surface area contributed by atoms with E-state index in [0.717, 1.165) is 43.4 Å². The predicted octanol–water partition coefficient (Wildman–Crippen LogP) is 6.62. The smallest absolute Gasteiger partial charge is 0.317 e. The fourth-order valence-electron chi connectivity index (χ4n) is 5.12. The highest BCUT2D eigenvalue weighted by molar-refractivity contribution is 6.03. The molecule has 13 heteroatoms. The van der Waals surface area contributed by atoms with Crippen LogP contribution in [0.3, 0.4) is 0 Å². The minimum Gasteiger partial charge on any atom is -0.317 e. The lowest BCUT2D eigenvalue weighted by molar-refractivity contribution is -0.137. The Balaban J connectivity index is 0.00000484. The first-order valence-corrected chi connectivity index (χ1v) is 13.2. The summed E-state index contributed by atoms with van der Waals surface area (Å²) in [6, 6.07) is 10.6. The molecular weight excluding hydrogens is 549 g/mol. The number of benzene rings is 2. The molecule has 224 valence electrons. The number of hydrogen-bond acceptors (Lipinski definition) is 6. The molecule has 42 heavy (non-hydrogen) atoms. The average Bonchev–Trinajstić information content (AvgIpc) is 3.44. The van der Waals surface area contributed by atoms with Gasteiger partial charge in [0.25, 0.3) is 11.9 Å². The van der Waals surface area contributed by atoms with Crippen LogP contribution in [0.15, 0.2) is 42.5 Å². The molecule has 3 aromatic rings. The summed E-state index contributed by atoms with van der Waals surface area (Å²) in [4.78, 5) is 27.6. The number of rotatable bonds is 6. The SMILES string of the molecule is C.CC(C)(C)C1CCC(N(Cc2ccc(C(=O)Nc3nn[nH]n3)cc2)C(=O)Nc2ccc(C#N)c(C(F)(F)F)c2)CC1. The van der Waals surface area contributed by atoms with E-state index < -0.39 is 29.2 Å². The molecule has 0 saturated heterocycles. The van der Waals surface area contributed by atoms with Gasteiger partial charge in [0.1, 0.15) is 0 Å². The van der Waals surface area contributed by atoms with E-state index in [-0.39, 0.29) is 37.1 Å². The van der Waals surface area contributed by atoms with Gasteiger partial charge >= 0.3 is 12.2 Å². The molecular formula is C29H35F3N8O2. The van der Waals surface area contributed by atoms with E-state index in [1.807, 2.05) is 0 Å². The Bertz CT molecular complexity index is 1400. The number of aromatic amines is 1. The van der Waals surface area contributed by atoms with E-state index >= 15 is 0 Å². The number of anilines is 2. The molecule has 1 aromatic heterocycles. The number of aromatic nitrogens is 4. The quantitative estimate of drug-likeness (QED) is 0.298. The second kappa shape index (κ2) is 13.0. The molecule has 1 aliphatic carbocycles. The van der Waals surface area contributed by atoms with Crippen LogP contribution < -0.4 is 10.6 Å². The molecule has 0 unspecified atom stereocenters. The van der Waals surface area contributed by atoms with Crippen molar-refractivity contribution in [1.82, 2.24) is 25.5 Å². The lowest BCUT2D eigenvalue weighted by Crippen LogP contribution is -2.45. The standard InChI is InChI=1S/C28H31F3N8O2.CH4/c1-27(2,3)20-9-12-22(13-10-20)39(26(41)33-21-11-8-19(15-32)23(14-21)28(29,30)31)16-17-4-6-18(7-5-17)24(40)34-25-35-37-38-36-25;/h4-8,11,14,20,22H,9-10,12-13,16H2,1-3H3,(H,33,41)(H2,34,35,36,37,38,40);1H4. The predicted molar refractivity (Wildman–Crippen MR) is 151 cm³/mol. The highest BCUT2D eigenvalue weighted by Gasteiger charge is 2.36. The van der Waals surface area contributed by atoms with Crippen LogP contribution in [0.1, 0.15) is 80.9 Å². The number of halogens is 3. The van der Waals surface area contributed by atoms with Crippen molar-refractivity contribution in [2.45, 2.75) is 72.6 Å². The first kappa shape index (κ1) is 32.0. The lowest BCUT2D eigenvalue weighted by atomic mass is 9.71. The Labute approximate surface area is 242 Å². The maximum absolute atomic E-state index is 13.5. The third-order valence-corrected chi connectivity index (χ3v) is 7.46. The Hall–Kier alpha value is -4.47. The normalized spacial score (nSPS) is 17.0. The molecule has 1 heterocycles. The van der Waals surface area contributed by atoms with E-state index in [2.05, 4.69) is 52.0 Å². The molecule has 0 bridgehead atoms. The number of tetrazole rings is 1. The van der Waals surface area contributed by atoms with Crippen LogP contribution in [0.2, 0.25) is 0 Å². The molecule has 2 aromatic carbocycles. The molecule has 3 amide bonds. The van der Waals surface area contributed by atoms with Crippen molar-refractivity contribution in [3.63, 3.8) is 0 Å². The molecule has 0 aliphatic heterocycles. The first-order valence-electron chi connectivity index (χ1n) is 13.2. The highest BCUT2D eigenvalue weighted by Crippen LogP contribution is 2.39. The van der Waals surface area contributed by atoms with Gasteiger partial charge in [-0.1, -0.05) is 45.4 Å². The van der Waals surface area contributed by atoms with Crippen LogP contribution in [0.25, 0.3) is 0 Å². The minimum atomic E-state index is -4.74. The van der Waals surface area contributed by atoms with E-state index in [1.54, 1.807) is 35.2 Å². The van der Waals surface area contributed by atoms with Crippen molar-refractivity contribution in [3.05, 3.63) is 64.7 Å². The average molecular weight is 585 g/mol. The zero-order valence-corrected chi connectivity index (χ0v) is 22.9. The van der Waals surface area contributed by atoms with Crippen LogP contribution >= 0.6 is 0 Å². The summed E-state index contributed by atoms with van der Waals surface area (Å²) in [6.45, 7) is 6.78. The Morgan fingerprint density at radius 2 is 1.71 bits per heavy atom. The number of nitrogens with one attached hydrogen (secondary N) is 3. The van der Waals surface area contributed by atoms with Crippen molar-refractivity contribution in [3.8, 4) is 6.07 Å². The summed E-state index contributed by atoms with van der Waals surface area (Å²) < 4.78 is 40.5. The van der Waals surface area contributed by atoms with E-state index in [4.69, 9.17) is 5.26 Å². The molecule has 0 spiro atoms. The number of hydrogen-bond donors (Lipinski definition) is 3. The Morgan fingerprint density at radius 3 is 2.26 bits per heavy atom. The van der Waals surface area contributed by atoms with Crippen LogP contribution in [-0.2, 0) is 12.7 Å². The molecule has 1 saturated carbocycles. The number of carbonyl (C=O) groups excluding carboxylic acids is 2. The molecule has 0 atom stereocenters. The summed E-state index contributed by atoms with van der Waals surface area (Å²) in [5.74, 6) is 0.0899. The minimum absolute atomic E-state index is 0. The van der Waals surface area contributed by atoms with Gasteiger partial charge in [0, 0.05) is 23.8 Å². The number of H-pyrrole nitrogens is 1. The second-order valence-corrected chi connectivity index (χ2v) is 11.2. The summed E-state index contributed by atoms with van der Waals surface area (Å²) in [5, 5.41) is 27.2. The maximum Gasteiger partial charge on any atom is 0.417 e. The number of alkyl halides is 3. The van der Waals surface area contributed by atoms with Crippen LogP contribution in [0, 0.1) is 22.7 Å². The number of carbonyl (C=O) groups is 2. The zero-order chi connectivity index (χ0) is 29.8. The van der Waals surface area contributed by atoms with Crippen molar-refractivity contribution >= 4 is 23.6 Å². The van der Waals surface area contributed by atoms with Gasteiger partial charge in [0.05, 0.1) is 17.2 Å². The highest BCUT2D eigenvalue weighted by atomic mass is 19.4. The van der Waals surface area contributed by atoms with E-state index in [9.17, 15) is 22.8 Å². The van der Waals surface area contributed by atoms with Gasteiger partial charge in [0.15, 0.2) is 0 Å². The monoisotopic (exact) mass is 584 g/mol. The number of nitrogens with zero attached hydrogens (tertiary/aromatic N) is 5. The van der Waals surface area contributed by atoms with Crippen molar-refractivity contribution in [1.29, 1.82) is 5.26 Å². The van der Waals surface area contributed by atoms with Gasteiger partial charge in [-0.2, -0.15) is 23.6 Å². The number of urea groups is 1. The van der Waals surface area contributed by atoms with Gasteiger partial charge in [-0.3, -0.25) is 10.1 Å². The fraction of sp³-hybridized carbons (Fsp3) is 0.448. The maximum atomic E-state index is 13.5. The van der Waals surface area contributed by atoms with E-state index in [0.29, 0.717) is 11.5 Å². The number of amides is 3. The van der Waals surface area contributed by atoms with Crippen molar-refractivity contribution < 1.29 is 22.8 Å². The molecule has 0 radical (unpaired) electrons. The Morgan fingerprint density at radius 1 is 1.05 bits per heavy atom. The van der Waals surface area contributed by atoms with Gasteiger partial charge in [0.2, 0.25) is 0 Å². The summed E-state index contributed by atoms with van der Waals surface area (Å²) in [5.41, 5.74) is -0.460. The largest absolute Gasteiger partial charge is 0.417 e. The van der Waals surface area contributed by atoms with Gasteiger partial charge in [-0.25, -0.2) is 4.79 Å². The van der Waals surface area contributed by atoms with Gasteiger partial charge in [-0.05, 0) is 78.1 Å². The first-order chi connectivity index (χ1) is 19.3. The molecule has 10 nitrogen and oxygen atoms in total. The van der Waals surface area contributed by atoms with Crippen LogP contribution in [0.5, 0.6) is 0 Å². The van der Waals surface area contributed by atoms with Crippen molar-refractivity contribution in [2.24, 2.45) is 11.3 Å². The van der Waals surface area contributed by atoms with Gasteiger partial charge in [-0.15, -0.1) is 5.10 Å². The van der Waals surface area contributed by atoms with Crippen LogP contribution in [0.4, 0.5) is 29.6 Å².